The van der Waals surface area contributed by atoms with Crippen molar-refractivity contribution in [1.82, 2.24) is 0 Å². The van der Waals surface area contributed by atoms with Crippen molar-refractivity contribution in [2.75, 3.05) is 18.8 Å². The van der Waals surface area contributed by atoms with Crippen molar-refractivity contribution in [1.29, 1.82) is 0 Å². The molecule has 0 bridgehead atoms. The molecule has 2 heterocycles. The van der Waals surface area contributed by atoms with E-state index >= 15 is 0 Å². The molecule has 7 nitrogen and oxygen atoms in total. The highest BCUT2D eigenvalue weighted by molar-refractivity contribution is 6.51. The molecule has 33 heavy (non-hydrogen) atoms. The van der Waals surface area contributed by atoms with Crippen LogP contribution in [0.4, 0.5) is 5.69 Å². The highest BCUT2D eigenvalue weighted by atomic mass is 35.5. The van der Waals surface area contributed by atoms with Gasteiger partial charge in [0.2, 0.25) is 6.79 Å². The number of methoxy groups -OCH3 is 1. The standard InChI is InChI=1S/C25H18ClNO6/c1-31-18-9-7-15(26)11-17(18)23(28)21-22(14-5-3-2-4-6-14)27(25(30)24(21)29)16-8-10-19-20(12-16)33-13-32-19/h2-12,22,28H,13H2,1H3/b23-21+. The van der Waals surface area contributed by atoms with Crippen molar-refractivity contribution in [3.63, 3.8) is 0 Å². The van der Waals surface area contributed by atoms with Crippen LogP contribution >= 0.6 is 11.6 Å². The number of hydrogen-bond acceptors (Lipinski definition) is 6. The van der Waals surface area contributed by atoms with Crippen LogP contribution in [-0.4, -0.2) is 30.7 Å². The molecule has 2 aliphatic rings. The first-order valence-corrected chi connectivity index (χ1v) is 10.5. The summed E-state index contributed by atoms with van der Waals surface area (Å²) in [5, 5.41) is 11.6. The summed E-state index contributed by atoms with van der Waals surface area (Å²) in [6.07, 6.45) is 0. The molecule has 3 aromatic rings. The molecule has 5 rings (SSSR count). The maximum absolute atomic E-state index is 13.3. The molecule has 1 atom stereocenters. The van der Waals surface area contributed by atoms with Gasteiger partial charge in [0.05, 0.1) is 24.3 Å². The monoisotopic (exact) mass is 463 g/mol. The maximum Gasteiger partial charge on any atom is 0.300 e. The number of rotatable bonds is 4. The Hall–Kier alpha value is -3.97. The quantitative estimate of drug-likeness (QED) is 0.343. The van der Waals surface area contributed by atoms with Gasteiger partial charge in [-0.1, -0.05) is 41.9 Å². The molecule has 0 aromatic heterocycles. The molecule has 166 valence electrons. The topological polar surface area (TPSA) is 85.3 Å². The Kier molecular flexibility index (Phi) is 5.18. The Bertz CT molecular complexity index is 1300. The average molecular weight is 464 g/mol. The van der Waals surface area contributed by atoms with Gasteiger partial charge in [0.25, 0.3) is 11.7 Å². The van der Waals surface area contributed by atoms with Gasteiger partial charge < -0.3 is 19.3 Å². The van der Waals surface area contributed by atoms with Gasteiger partial charge in [0.15, 0.2) is 11.5 Å². The van der Waals surface area contributed by atoms with Crippen LogP contribution in [-0.2, 0) is 9.59 Å². The fourth-order valence-corrected chi connectivity index (χ4v) is 4.27. The van der Waals surface area contributed by atoms with E-state index in [0.29, 0.717) is 33.5 Å². The number of nitrogens with zero attached hydrogens (tertiary/aromatic N) is 1. The van der Waals surface area contributed by atoms with Gasteiger partial charge in [-0.2, -0.15) is 0 Å². The molecule has 8 heteroatoms. The predicted molar refractivity (Wildman–Crippen MR) is 122 cm³/mol. The van der Waals surface area contributed by atoms with Gasteiger partial charge >= 0.3 is 0 Å². The Morgan fingerprint density at radius 1 is 1.03 bits per heavy atom. The van der Waals surface area contributed by atoms with E-state index in [9.17, 15) is 14.7 Å². The molecule has 0 aliphatic carbocycles. The molecule has 2 aliphatic heterocycles. The van der Waals surface area contributed by atoms with Gasteiger partial charge in [-0.05, 0) is 35.9 Å². The summed E-state index contributed by atoms with van der Waals surface area (Å²) in [5.41, 5.74) is 1.24. The zero-order valence-corrected chi connectivity index (χ0v) is 18.2. The SMILES string of the molecule is COc1ccc(Cl)cc1/C(O)=C1\C(=O)C(=O)N(c2ccc3c(c2)OCO3)C1c1ccccc1. The number of Topliss-reactive ketones (excluding diaryl/α,β-unsaturated/α-hetero) is 1. The molecule has 1 amide bonds. The Morgan fingerprint density at radius 2 is 1.79 bits per heavy atom. The number of fused-ring (bicyclic) bond motifs is 1. The molecule has 0 radical (unpaired) electrons. The lowest BCUT2D eigenvalue weighted by molar-refractivity contribution is -0.132. The smallest absolute Gasteiger partial charge is 0.300 e. The van der Waals surface area contributed by atoms with E-state index < -0.39 is 17.7 Å². The van der Waals surface area contributed by atoms with Crippen molar-refractivity contribution in [3.05, 3.63) is 88.5 Å². The molecule has 1 unspecified atom stereocenters. The molecular formula is C25H18ClNO6. The minimum Gasteiger partial charge on any atom is -0.507 e. The van der Waals surface area contributed by atoms with Crippen molar-refractivity contribution >= 4 is 34.7 Å². The van der Waals surface area contributed by atoms with E-state index in [0.717, 1.165) is 0 Å². The van der Waals surface area contributed by atoms with Crippen LogP contribution in [0.2, 0.25) is 5.02 Å². The van der Waals surface area contributed by atoms with Crippen LogP contribution in [0.25, 0.3) is 5.76 Å². The first-order chi connectivity index (χ1) is 16.0. The number of halogens is 1. The van der Waals surface area contributed by atoms with Gasteiger partial charge in [-0.3, -0.25) is 14.5 Å². The number of amides is 1. The van der Waals surface area contributed by atoms with E-state index in [2.05, 4.69) is 0 Å². The minimum atomic E-state index is -0.879. The van der Waals surface area contributed by atoms with Crippen molar-refractivity contribution < 1.29 is 28.9 Å². The zero-order chi connectivity index (χ0) is 23.1. The fourth-order valence-electron chi connectivity index (χ4n) is 4.09. The largest absolute Gasteiger partial charge is 0.507 e. The normalized spacial score (nSPS) is 18.6. The molecule has 0 saturated carbocycles. The number of carbonyl (C=O) groups excluding carboxylic acids is 2. The third-order valence-corrected chi connectivity index (χ3v) is 5.85. The molecule has 1 N–H and O–H groups in total. The third kappa shape index (κ3) is 3.47. The van der Waals surface area contributed by atoms with Crippen LogP contribution in [0, 0.1) is 0 Å². The van der Waals surface area contributed by atoms with E-state index in [4.69, 9.17) is 25.8 Å². The van der Waals surface area contributed by atoms with Crippen LogP contribution in [0.5, 0.6) is 17.2 Å². The Labute approximate surface area is 194 Å². The third-order valence-electron chi connectivity index (χ3n) is 5.61. The van der Waals surface area contributed by atoms with E-state index in [1.165, 1.54) is 18.1 Å². The summed E-state index contributed by atoms with van der Waals surface area (Å²) in [6, 6.07) is 17.8. The highest BCUT2D eigenvalue weighted by Crippen LogP contribution is 2.45. The number of aliphatic hydroxyl groups is 1. The highest BCUT2D eigenvalue weighted by Gasteiger charge is 2.47. The summed E-state index contributed by atoms with van der Waals surface area (Å²) in [5.74, 6) is -0.623. The van der Waals surface area contributed by atoms with Crippen LogP contribution in [0.1, 0.15) is 17.2 Å². The van der Waals surface area contributed by atoms with Gasteiger partial charge in [-0.25, -0.2) is 0 Å². The van der Waals surface area contributed by atoms with Crippen LogP contribution in [0.3, 0.4) is 0 Å². The van der Waals surface area contributed by atoms with Gasteiger partial charge in [0, 0.05) is 16.8 Å². The summed E-state index contributed by atoms with van der Waals surface area (Å²) in [4.78, 5) is 27.9. The second-order valence-corrected chi connectivity index (χ2v) is 7.90. The van der Waals surface area contributed by atoms with Gasteiger partial charge in [-0.15, -0.1) is 0 Å². The first-order valence-electron chi connectivity index (χ1n) is 10.1. The number of benzene rings is 3. The van der Waals surface area contributed by atoms with Gasteiger partial charge in [0.1, 0.15) is 11.5 Å². The second kappa shape index (κ2) is 8.18. The second-order valence-electron chi connectivity index (χ2n) is 7.46. The zero-order valence-electron chi connectivity index (χ0n) is 17.4. The first kappa shape index (κ1) is 20.9. The molecule has 3 aromatic carbocycles. The summed E-state index contributed by atoms with van der Waals surface area (Å²) in [7, 11) is 1.44. The molecule has 1 saturated heterocycles. The van der Waals surface area contributed by atoms with Crippen molar-refractivity contribution in [3.8, 4) is 17.2 Å². The van der Waals surface area contributed by atoms with Crippen LogP contribution < -0.4 is 19.1 Å². The number of anilines is 1. The summed E-state index contributed by atoms with van der Waals surface area (Å²) < 4.78 is 16.2. The maximum atomic E-state index is 13.3. The lowest BCUT2D eigenvalue weighted by atomic mass is 9.95. The molecule has 0 spiro atoms. The number of ketones is 1. The van der Waals surface area contributed by atoms with E-state index in [1.807, 2.05) is 6.07 Å². The number of aliphatic hydroxyl groups excluding tert-OH is 1. The Balaban J connectivity index is 1.73. The van der Waals surface area contributed by atoms with Crippen LogP contribution in [0.15, 0.2) is 72.3 Å². The lowest BCUT2D eigenvalue weighted by Crippen LogP contribution is -2.29. The Morgan fingerprint density at radius 3 is 2.55 bits per heavy atom. The number of hydrogen-bond donors (Lipinski definition) is 1. The van der Waals surface area contributed by atoms with Crippen molar-refractivity contribution in [2.24, 2.45) is 0 Å². The average Bonchev–Trinajstić information content (AvgIpc) is 3.41. The fraction of sp³-hybridized carbons (Fsp3) is 0.120. The van der Waals surface area contributed by atoms with Crippen molar-refractivity contribution in [2.45, 2.75) is 6.04 Å². The number of carbonyl (C=O) groups is 2. The minimum absolute atomic E-state index is 0.0653. The molecule has 1 fully saturated rings. The molecular weight excluding hydrogens is 446 g/mol. The van der Waals surface area contributed by atoms with E-state index in [1.54, 1.807) is 54.6 Å². The summed E-state index contributed by atoms with van der Waals surface area (Å²) >= 11 is 6.14. The number of ether oxygens (including phenoxy) is 3. The van der Waals surface area contributed by atoms with E-state index in [-0.39, 0.29) is 23.7 Å². The predicted octanol–water partition coefficient (Wildman–Crippen LogP) is 4.70. The summed E-state index contributed by atoms with van der Waals surface area (Å²) in [6.45, 7) is 0.0777. The lowest BCUT2D eigenvalue weighted by Gasteiger charge is -2.25.